The first-order valence-corrected chi connectivity index (χ1v) is 9.88. The van der Waals surface area contributed by atoms with Gasteiger partial charge in [-0.1, -0.05) is 32.0 Å². The number of hydrogen-bond acceptors (Lipinski definition) is 2. The average molecular weight is 364 g/mol. The highest BCUT2D eigenvalue weighted by molar-refractivity contribution is 5.79. The van der Waals surface area contributed by atoms with Gasteiger partial charge < -0.3 is 15.7 Å². The van der Waals surface area contributed by atoms with Crippen LogP contribution in [0.3, 0.4) is 0 Å². The number of nitrogens with one attached hydrogen (secondary N) is 2. The van der Waals surface area contributed by atoms with Crippen molar-refractivity contribution in [2.75, 3.05) is 26.2 Å². The zero-order chi connectivity index (χ0) is 19.0. The van der Waals surface area contributed by atoms with Crippen LogP contribution >= 0.6 is 0 Å². The van der Waals surface area contributed by atoms with Gasteiger partial charge in [0.05, 0.1) is 6.54 Å². The Labute approximate surface area is 157 Å². The molecule has 1 saturated carbocycles. The van der Waals surface area contributed by atoms with Crippen molar-refractivity contribution < 1.29 is 9.50 Å². The summed E-state index contributed by atoms with van der Waals surface area (Å²) in [5, 5.41) is 16.0. The zero-order valence-corrected chi connectivity index (χ0v) is 16.4. The smallest absolute Gasteiger partial charge is 0.191 e. The van der Waals surface area contributed by atoms with Crippen molar-refractivity contribution in [3.63, 3.8) is 0 Å². The van der Waals surface area contributed by atoms with Crippen LogP contribution in [0.25, 0.3) is 0 Å². The van der Waals surface area contributed by atoms with Crippen molar-refractivity contribution in [1.82, 2.24) is 10.6 Å². The molecule has 26 heavy (non-hydrogen) atoms. The quantitative estimate of drug-likeness (QED) is 0.441. The molecule has 2 rings (SSSR count). The molecule has 4 nitrogen and oxygen atoms in total. The molecule has 1 aliphatic rings. The average Bonchev–Trinajstić information content (AvgIpc) is 3.38. The van der Waals surface area contributed by atoms with E-state index in [1.165, 1.54) is 6.07 Å². The molecule has 0 saturated heterocycles. The number of benzene rings is 1. The predicted octanol–water partition coefficient (Wildman–Crippen LogP) is 3.46. The summed E-state index contributed by atoms with van der Waals surface area (Å²) in [6, 6.07) is 7.06. The van der Waals surface area contributed by atoms with Crippen molar-refractivity contribution >= 4 is 5.96 Å². The Morgan fingerprint density at radius 2 is 2.00 bits per heavy atom. The SMILES string of the molecule is CCNC(=NCC1(c2ccccc2F)CC1)NCC(CCO)CC(C)C. The molecule has 0 aromatic heterocycles. The molecule has 1 aromatic rings. The van der Waals surface area contributed by atoms with E-state index in [0.29, 0.717) is 18.4 Å². The van der Waals surface area contributed by atoms with Gasteiger partial charge in [-0.25, -0.2) is 4.39 Å². The molecule has 0 bridgehead atoms. The maximum absolute atomic E-state index is 14.2. The Morgan fingerprint density at radius 3 is 2.58 bits per heavy atom. The van der Waals surface area contributed by atoms with Crippen molar-refractivity contribution in [2.24, 2.45) is 16.8 Å². The molecular formula is C21H34FN3O. The fraction of sp³-hybridized carbons (Fsp3) is 0.667. The van der Waals surface area contributed by atoms with Crippen LogP contribution in [0.5, 0.6) is 0 Å². The first kappa shape index (κ1) is 20.7. The van der Waals surface area contributed by atoms with E-state index < -0.39 is 0 Å². The summed E-state index contributed by atoms with van der Waals surface area (Å²) in [7, 11) is 0. The van der Waals surface area contributed by atoms with Gasteiger partial charge in [-0.05, 0) is 56.1 Å². The van der Waals surface area contributed by atoms with Crippen molar-refractivity contribution in [2.45, 2.75) is 51.9 Å². The highest BCUT2D eigenvalue weighted by atomic mass is 19.1. The van der Waals surface area contributed by atoms with Crippen LogP contribution in [0.4, 0.5) is 4.39 Å². The summed E-state index contributed by atoms with van der Waals surface area (Å²) < 4.78 is 14.2. The third-order valence-electron chi connectivity index (χ3n) is 5.08. The van der Waals surface area contributed by atoms with E-state index in [9.17, 15) is 9.50 Å². The number of guanidine groups is 1. The van der Waals surface area contributed by atoms with E-state index in [0.717, 1.165) is 50.3 Å². The molecule has 0 radical (unpaired) electrons. The molecule has 1 atom stereocenters. The van der Waals surface area contributed by atoms with Gasteiger partial charge >= 0.3 is 0 Å². The van der Waals surface area contributed by atoms with E-state index in [1.807, 2.05) is 19.1 Å². The molecule has 5 heteroatoms. The van der Waals surface area contributed by atoms with Crippen molar-refractivity contribution in [1.29, 1.82) is 0 Å². The van der Waals surface area contributed by atoms with E-state index >= 15 is 0 Å². The van der Waals surface area contributed by atoms with E-state index in [-0.39, 0.29) is 17.8 Å². The number of halogens is 1. The summed E-state index contributed by atoms with van der Waals surface area (Å²) in [6.07, 6.45) is 3.84. The zero-order valence-electron chi connectivity index (χ0n) is 16.4. The normalized spacial score (nSPS) is 17.2. The minimum Gasteiger partial charge on any atom is -0.396 e. The Morgan fingerprint density at radius 1 is 1.27 bits per heavy atom. The summed E-state index contributed by atoms with van der Waals surface area (Å²) in [5.41, 5.74) is 0.647. The van der Waals surface area contributed by atoms with Gasteiger partial charge in [0.2, 0.25) is 0 Å². The molecule has 1 fully saturated rings. The topological polar surface area (TPSA) is 56.7 Å². The molecule has 1 unspecified atom stereocenters. The molecule has 3 N–H and O–H groups in total. The molecule has 146 valence electrons. The van der Waals surface area contributed by atoms with Gasteiger partial charge in [0.15, 0.2) is 5.96 Å². The summed E-state index contributed by atoms with van der Waals surface area (Å²) in [4.78, 5) is 4.74. The first-order valence-electron chi connectivity index (χ1n) is 9.88. The van der Waals surface area contributed by atoms with Crippen LogP contribution in [0.2, 0.25) is 0 Å². The predicted molar refractivity (Wildman–Crippen MR) is 106 cm³/mol. The van der Waals surface area contributed by atoms with Crippen molar-refractivity contribution in [3.8, 4) is 0 Å². The second-order valence-electron chi connectivity index (χ2n) is 7.84. The van der Waals surface area contributed by atoms with Gasteiger partial charge in [0, 0.05) is 25.1 Å². The fourth-order valence-corrected chi connectivity index (χ4v) is 3.52. The lowest BCUT2D eigenvalue weighted by atomic mass is 9.94. The Bertz CT molecular complexity index is 584. The van der Waals surface area contributed by atoms with E-state index in [1.54, 1.807) is 6.07 Å². The van der Waals surface area contributed by atoms with Gasteiger partial charge in [0.25, 0.3) is 0 Å². The Kier molecular flexibility index (Phi) is 7.88. The van der Waals surface area contributed by atoms with Crippen LogP contribution in [0.15, 0.2) is 29.3 Å². The van der Waals surface area contributed by atoms with Gasteiger partial charge in [-0.15, -0.1) is 0 Å². The lowest BCUT2D eigenvalue weighted by Gasteiger charge is -2.21. The Balaban J connectivity index is 1.99. The standard InChI is InChI=1S/C21H34FN3O/c1-4-23-20(24-14-17(9-12-26)13-16(2)3)25-15-21(10-11-21)18-7-5-6-8-19(18)22/h5-8,16-17,26H,4,9-15H2,1-3H3,(H2,23,24,25). The number of nitrogens with zero attached hydrogens (tertiary/aromatic N) is 1. The largest absolute Gasteiger partial charge is 0.396 e. The first-order chi connectivity index (χ1) is 12.5. The third kappa shape index (κ3) is 5.97. The lowest BCUT2D eigenvalue weighted by molar-refractivity contribution is 0.243. The van der Waals surface area contributed by atoms with Gasteiger partial charge in [-0.3, -0.25) is 4.99 Å². The van der Waals surface area contributed by atoms with Crippen LogP contribution in [0, 0.1) is 17.7 Å². The highest BCUT2D eigenvalue weighted by Crippen LogP contribution is 2.49. The van der Waals surface area contributed by atoms with Crippen LogP contribution in [-0.2, 0) is 5.41 Å². The molecular weight excluding hydrogens is 329 g/mol. The monoisotopic (exact) mass is 363 g/mol. The number of aliphatic imine (C=N–C) groups is 1. The second-order valence-corrected chi connectivity index (χ2v) is 7.84. The summed E-state index contributed by atoms with van der Waals surface area (Å²) >= 11 is 0. The number of aliphatic hydroxyl groups is 1. The van der Waals surface area contributed by atoms with E-state index in [2.05, 4.69) is 24.5 Å². The number of rotatable bonds is 10. The fourth-order valence-electron chi connectivity index (χ4n) is 3.52. The van der Waals surface area contributed by atoms with Crippen LogP contribution in [-0.4, -0.2) is 37.3 Å². The number of hydrogen-bond donors (Lipinski definition) is 3. The maximum Gasteiger partial charge on any atom is 0.191 e. The highest BCUT2D eigenvalue weighted by Gasteiger charge is 2.45. The lowest BCUT2D eigenvalue weighted by Crippen LogP contribution is -2.40. The van der Waals surface area contributed by atoms with Gasteiger partial charge in [-0.2, -0.15) is 0 Å². The molecule has 0 amide bonds. The third-order valence-corrected chi connectivity index (χ3v) is 5.08. The number of aliphatic hydroxyl groups excluding tert-OH is 1. The summed E-state index contributed by atoms with van der Waals surface area (Å²) in [6.45, 7) is 8.83. The molecule has 0 heterocycles. The van der Waals surface area contributed by atoms with Crippen LogP contribution < -0.4 is 10.6 Å². The van der Waals surface area contributed by atoms with Crippen molar-refractivity contribution in [3.05, 3.63) is 35.6 Å². The molecule has 0 aliphatic heterocycles. The second kappa shape index (κ2) is 9.91. The van der Waals surface area contributed by atoms with Gasteiger partial charge in [0.1, 0.15) is 5.82 Å². The maximum atomic E-state index is 14.2. The molecule has 0 spiro atoms. The van der Waals surface area contributed by atoms with Crippen LogP contribution in [0.1, 0.15) is 52.0 Å². The Hall–Kier alpha value is -1.62. The summed E-state index contributed by atoms with van der Waals surface area (Å²) in [5.74, 6) is 1.67. The minimum atomic E-state index is -0.143. The molecule has 1 aliphatic carbocycles. The minimum absolute atomic E-state index is 0.127. The van der Waals surface area contributed by atoms with E-state index in [4.69, 9.17) is 4.99 Å². The molecule has 1 aromatic carbocycles.